The van der Waals surface area contributed by atoms with Crippen molar-refractivity contribution in [2.45, 2.75) is 38.0 Å². The molecular weight excluding hydrogens is 234 g/mol. The van der Waals surface area contributed by atoms with Gasteiger partial charge in [-0.2, -0.15) is 15.0 Å². The van der Waals surface area contributed by atoms with Crippen LogP contribution < -0.4 is 34.0 Å². The lowest BCUT2D eigenvalue weighted by Crippen LogP contribution is -2.67. The average Bonchev–Trinajstić information content (AvgIpc) is 2.23. The molecule has 0 fully saturated rings. The smallest absolute Gasteiger partial charge is 0.231 e. The predicted octanol–water partition coefficient (Wildman–Crippen LogP) is -1.46. The highest BCUT2D eigenvalue weighted by Gasteiger charge is 2.28. The first-order valence-electron chi connectivity index (χ1n) is 5.73. The van der Waals surface area contributed by atoms with Crippen LogP contribution in [0.2, 0.25) is 0 Å². The zero-order valence-corrected chi connectivity index (χ0v) is 10.4. The minimum Gasteiger partial charge on any atom is -0.368 e. The lowest BCUT2D eigenvalue weighted by molar-refractivity contribution is 0.372. The van der Waals surface area contributed by atoms with Crippen molar-refractivity contribution in [1.82, 2.24) is 15.0 Å². The fourth-order valence-electron chi connectivity index (χ4n) is 1.41. The summed E-state index contributed by atoms with van der Waals surface area (Å²) in [7, 11) is 0. The molecule has 11 N–H and O–H groups in total. The molecule has 102 valence electrons. The van der Waals surface area contributed by atoms with Gasteiger partial charge in [-0.1, -0.05) is 19.8 Å². The van der Waals surface area contributed by atoms with Crippen molar-refractivity contribution in [2.75, 3.05) is 16.8 Å². The zero-order valence-electron chi connectivity index (χ0n) is 10.4. The zero-order chi connectivity index (χ0) is 13.8. The molecule has 1 heterocycles. The van der Waals surface area contributed by atoms with Gasteiger partial charge in [0.2, 0.25) is 17.8 Å². The first-order chi connectivity index (χ1) is 8.35. The summed E-state index contributed by atoms with van der Waals surface area (Å²) in [5, 5.41) is 2.72. The summed E-state index contributed by atoms with van der Waals surface area (Å²) in [6.45, 7) is 2.06. The van der Waals surface area contributed by atoms with E-state index in [9.17, 15) is 0 Å². The van der Waals surface area contributed by atoms with Gasteiger partial charge in [0.15, 0.2) is 5.79 Å². The van der Waals surface area contributed by atoms with Crippen LogP contribution >= 0.6 is 0 Å². The summed E-state index contributed by atoms with van der Waals surface area (Å²) in [4.78, 5) is 11.3. The molecule has 0 spiro atoms. The minimum atomic E-state index is -1.34. The van der Waals surface area contributed by atoms with Crippen LogP contribution in [0.1, 0.15) is 26.2 Å². The number of rotatable bonds is 6. The second-order valence-electron chi connectivity index (χ2n) is 4.18. The summed E-state index contributed by atoms with van der Waals surface area (Å²) in [5.41, 5.74) is 28.6. The molecule has 0 aliphatic rings. The Morgan fingerprint density at radius 3 is 2.22 bits per heavy atom. The summed E-state index contributed by atoms with van der Waals surface area (Å²) in [6.07, 6.45) is 2.63. The normalized spacial score (nSPS) is 13.3. The molecule has 18 heavy (non-hydrogen) atoms. The van der Waals surface area contributed by atoms with Crippen molar-refractivity contribution in [2.24, 2.45) is 17.2 Å². The molecule has 0 amide bonds. The maximum Gasteiger partial charge on any atom is 0.231 e. The molecule has 9 nitrogen and oxygen atoms in total. The Bertz CT molecular complexity index is 371. The molecule has 0 aliphatic carbocycles. The molecule has 0 aliphatic heterocycles. The highest BCUT2D eigenvalue weighted by Crippen LogP contribution is 2.11. The van der Waals surface area contributed by atoms with Crippen LogP contribution in [0, 0.1) is 0 Å². The van der Waals surface area contributed by atoms with E-state index >= 15 is 0 Å². The second kappa shape index (κ2) is 5.76. The summed E-state index contributed by atoms with van der Waals surface area (Å²) >= 11 is 0. The van der Waals surface area contributed by atoms with Gasteiger partial charge in [-0.05, 0) is 6.42 Å². The van der Waals surface area contributed by atoms with E-state index in [4.69, 9.17) is 28.7 Å². The highest BCUT2D eigenvalue weighted by molar-refractivity contribution is 5.39. The summed E-state index contributed by atoms with van der Waals surface area (Å²) in [5.74, 6) is -1.25. The topological polar surface area (TPSA) is 181 Å². The van der Waals surface area contributed by atoms with Gasteiger partial charge < -0.3 is 22.5 Å². The van der Waals surface area contributed by atoms with E-state index in [2.05, 4.69) is 27.2 Å². The number of aromatic nitrogens is 3. The monoisotopic (exact) mass is 255 g/mol. The first kappa shape index (κ1) is 14.4. The molecule has 1 atom stereocenters. The van der Waals surface area contributed by atoms with Gasteiger partial charge >= 0.3 is 0 Å². The SMILES string of the molecule is CCCCC(N)C(N)(N)Nc1nc(N)nc(N)n1. The van der Waals surface area contributed by atoms with Gasteiger partial charge in [-0.25, -0.2) is 0 Å². The van der Waals surface area contributed by atoms with Gasteiger partial charge in [-0.15, -0.1) is 0 Å². The van der Waals surface area contributed by atoms with Crippen LogP contribution in [-0.4, -0.2) is 26.8 Å². The van der Waals surface area contributed by atoms with Gasteiger partial charge in [-0.3, -0.25) is 11.5 Å². The standard InChI is InChI=1S/C9H21N9/c1-2-3-4-5(10)9(13,14)18-8-16-6(11)15-7(12)17-8/h5H,2-4,10,13-14H2,1H3,(H5,11,12,15,16,17,18). The maximum absolute atomic E-state index is 5.92. The number of hydrogen-bond acceptors (Lipinski definition) is 9. The van der Waals surface area contributed by atoms with Crippen LogP contribution in [0.5, 0.6) is 0 Å². The number of nitrogen functional groups attached to an aromatic ring is 2. The van der Waals surface area contributed by atoms with Crippen LogP contribution in [0.15, 0.2) is 0 Å². The molecule has 1 aromatic heterocycles. The lowest BCUT2D eigenvalue weighted by Gasteiger charge is -2.32. The Morgan fingerprint density at radius 1 is 1.17 bits per heavy atom. The maximum atomic E-state index is 5.92. The van der Waals surface area contributed by atoms with Crippen LogP contribution in [0.25, 0.3) is 0 Å². The Morgan fingerprint density at radius 2 is 1.72 bits per heavy atom. The quantitative estimate of drug-likeness (QED) is 0.331. The molecule has 0 bridgehead atoms. The van der Waals surface area contributed by atoms with Crippen molar-refractivity contribution >= 4 is 17.8 Å². The predicted molar refractivity (Wildman–Crippen MR) is 70.9 cm³/mol. The molecule has 1 unspecified atom stereocenters. The van der Waals surface area contributed by atoms with E-state index in [0.29, 0.717) is 6.42 Å². The number of nitrogens with two attached hydrogens (primary N) is 5. The Hall–Kier alpha value is -1.71. The van der Waals surface area contributed by atoms with Crippen molar-refractivity contribution in [3.8, 4) is 0 Å². The number of hydrogen-bond donors (Lipinski definition) is 6. The van der Waals surface area contributed by atoms with E-state index < -0.39 is 11.8 Å². The number of unbranched alkanes of at least 4 members (excludes halogenated alkanes) is 1. The second-order valence-corrected chi connectivity index (χ2v) is 4.18. The molecule has 0 saturated carbocycles. The number of nitrogens with zero attached hydrogens (tertiary/aromatic N) is 3. The van der Waals surface area contributed by atoms with Crippen molar-refractivity contribution in [3.63, 3.8) is 0 Å². The molecule has 0 radical (unpaired) electrons. The summed E-state index contributed by atoms with van der Waals surface area (Å²) in [6, 6.07) is -0.448. The fourth-order valence-corrected chi connectivity index (χ4v) is 1.41. The van der Waals surface area contributed by atoms with E-state index in [1.807, 2.05) is 0 Å². The Labute approximate surface area is 106 Å². The number of nitrogens with one attached hydrogen (secondary N) is 1. The third-order valence-electron chi connectivity index (χ3n) is 2.48. The highest BCUT2D eigenvalue weighted by atomic mass is 15.3. The van der Waals surface area contributed by atoms with E-state index in [-0.39, 0.29) is 17.8 Å². The first-order valence-corrected chi connectivity index (χ1v) is 5.73. The molecular formula is C9H21N9. The Kier molecular flexibility index (Phi) is 4.59. The van der Waals surface area contributed by atoms with Crippen LogP contribution in [-0.2, 0) is 0 Å². The van der Waals surface area contributed by atoms with E-state index in [1.54, 1.807) is 0 Å². The number of anilines is 3. The van der Waals surface area contributed by atoms with Crippen molar-refractivity contribution in [3.05, 3.63) is 0 Å². The lowest BCUT2D eigenvalue weighted by atomic mass is 10.0. The molecule has 1 rings (SSSR count). The molecule has 0 saturated heterocycles. The van der Waals surface area contributed by atoms with Crippen LogP contribution in [0.4, 0.5) is 17.8 Å². The Balaban J connectivity index is 2.74. The van der Waals surface area contributed by atoms with E-state index in [1.165, 1.54) is 0 Å². The molecule has 9 heteroatoms. The van der Waals surface area contributed by atoms with Gasteiger partial charge in [0.05, 0.1) is 6.04 Å². The molecule has 0 aromatic carbocycles. The molecule has 1 aromatic rings. The fraction of sp³-hybridized carbons (Fsp3) is 0.667. The third-order valence-corrected chi connectivity index (χ3v) is 2.48. The van der Waals surface area contributed by atoms with Crippen molar-refractivity contribution < 1.29 is 0 Å². The van der Waals surface area contributed by atoms with Crippen LogP contribution in [0.3, 0.4) is 0 Å². The van der Waals surface area contributed by atoms with Crippen molar-refractivity contribution in [1.29, 1.82) is 0 Å². The van der Waals surface area contributed by atoms with E-state index in [0.717, 1.165) is 12.8 Å². The van der Waals surface area contributed by atoms with Gasteiger partial charge in [0, 0.05) is 0 Å². The van der Waals surface area contributed by atoms with Gasteiger partial charge in [0.1, 0.15) is 0 Å². The minimum absolute atomic E-state index is 0.0112. The third kappa shape index (κ3) is 3.95. The largest absolute Gasteiger partial charge is 0.368 e. The summed E-state index contributed by atoms with van der Waals surface area (Å²) < 4.78 is 0. The van der Waals surface area contributed by atoms with Gasteiger partial charge in [0.25, 0.3) is 0 Å². The average molecular weight is 255 g/mol.